The molecule has 3 heteroatoms. The number of hydrogen-bond acceptors (Lipinski definition) is 3. The summed E-state index contributed by atoms with van der Waals surface area (Å²) in [6.07, 6.45) is 5.70. The smallest absolute Gasteiger partial charge is 0.0694 e. The average Bonchev–Trinajstić information content (AvgIpc) is 2.74. The van der Waals surface area contributed by atoms with Crippen LogP contribution in [0.3, 0.4) is 0 Å². The van der Waals surface area contributed by atoms with Gasteiger partial charge >= 0.3 is 0 Å². The van der Waals surface area contributed by atoms with Crippen LogP contribution in [-0.2, 0) is 12.8 Å². The summed E-state index contributed by atoms with van der Waals surface area (Å²) in [6, 6.07) is 4.34. The van der Waals surface area contributed by atoms with E-state index in [0.717, 1.165) is 25.7 Å². The van der Waals surface area contributed by atoms with E-state index in [1.807, 2.05) is 11.3 Å². The molecule has 0 aliphatic carbocycles. The number of hydrogen-bond donors (Lipinski definition) is 2. The van der Waals surface area contributed by atoms with Crippen molar-refractivity contribution in [1.82, 2.24) is 0 Å². The number of nitrogens with two attached hydrogens (primary N) is 1. The first-order valence-electron chi connectivity index (χ1n) is 6.68. The molecule has 0 saturated carbocycles. The van der Waals surface area contributed by atoms with Gasteiger partial charge in [0, 0.05) is 15.8 Å². The Morgan fingerprint density at radius 3 is 2.35 bits per heavy atom. The molecule has 2 nitrogen and oxygen atoms in total. The van der Waals surface area contributed by atoms with Gasteiger partial charge in [0.2, 0.25) is 0 Å². The van der Waals surface area contributed by atoms with Crippen molar-refractivity contribution in [1.29, 1.82) is 0 Å². The second-order valence-electron chi connectivity index (χ2n) is 4.68. The molecule has 0 fully saturated rings. The lowest BCUT2D eigenvalue weighted by atomic mass is 10.0. The molecule has 0 saturated heterocycles. The summed E-state index contributed by atoms with van der Waals surface area (Å²) in [6.45, 7) is 4.30. The molecule has 2 atom stereocenters. The first-order valence-corrected chi connectivity index (χ1v) is 7.50. The summed E-state index contributed by atoms with van der Waals surface area (Å²) in [7, 11) is 0. The summed E-state index contributed by atoms with van der Waals surface area (Å²) in [4.78, 5) is 2.83. The second-order valence-corrected chi connectivity index (χ2v) is 5.93. The molecule has 1 rings (SSSR count). The van der Waals surface area contributed by atoms with Crippen LogP contribution in [0.2, 0.25) is 0 Å². The van der Waals surface area contributed by atoms with Gasteiger partial charge in [-0.15, -0.1) is 11.3 Å². The van der Waals surface area contributed by atoms with Crippen molar-refractivity contribution in [3.63, 3.8) is 0 Å². The Labute approximate surface area is 109 Å². The molecule has 0 bridgehead atoms. The molecule has 0 amide bonds. The topological polar surface area (TPSA) is 46.2 Å². The van der Waals surface area contributed by atoms with Crippen LogP contribution in [0.1, 0.15) is 49.3 Å². The van der Waals surface area contributed by atoms with Gasteiger partial charge < -0.3 is 10.8 Å². The van der Waals surface area contributed by atoms with Crippen molar-refractivity contribution < 1.29 is 5.11 Å². The minimum Gasteiger partial charge on any atom is -0.392 e. The first-order chi connectivity index (χ1) is 8.17. The lowest BCUT2D eigenvalue weighted by molar-refractivity contribution is 0.131. The van der Waals surface area contributed by atoms with Crippen LogP contribution < -0.4 is 5.73 Å². The predicted molar refractivity (Wildman–Crippen MR) is 75.5 cm³/mol. The molecule has 17 heavy (non-hydrogen) atoms. The molecule has 1 aromatic heterocycles. The average molecular weight is 255 g/mol. The lowest BCUT2D eigenvalue weighted by Crippen LogP contribution is -2.34. The van der Waals surface area contributed by atoms with Crippen molar-refractivity contribution in [2.45, 2.75) is 64.5 Å². The van der Waals surface area contributed by atoms with Gasteiger partial charge in [0.1, 0.15) is 0 Å². The Kier molecular flexibility index (Phi) is 6.78. The maximum Gasteiger partial charge on any atom is 0.0694 e. The zero-order valence-corrected chi connectivity index (χ0v) is 11.8. The van der Waals surface area contributed by atoms with Crippen molar-refractivity contribution in [3.05, 3.63) is 21.9 Å². The molecule has 98 valence electrons. The summed E-state index contributed by atoms with van der Waals surface area (Å²) in [5.74, 6) is 0. The molecule has 3 N–H and O–H groups in total. The lowest BCUT2D eigenvalue weighted by Gasteiger charge is -2.17. The van der Waals surface area contributed by atoms with Gasteiger partial charge in [0.25, 0.3) is 0 Å². The fourth-order valence-electron chi connectivity index (χ4n) is 1.97. The van der Waals surface area contributed by atoms with Crippen molar-refractivity contribution in [2.24, 2.45) is 5.73 Å². The molecule has 0 radical (unpaired) electrons. The van der Waals surface area contributed by atoms with Gasteiger partial charge in [-0.25, -0.2) is 0 Å². The van der Waals surface area contributed by atoms with Gasteiger partial charge in [0.05, 0.1) is 6.10 Å². The van der Waals surface area contributed by atoms with E-state index in [9.17, 15) is 5.11 Å². The molecular weight excluding hydrogens is 230 g/mol. The number of aliphatic hydroxyl groups excluding tert-OH is 1. The highest BCUT2D eigenvalue weighted by molar-refractivity contribution is 7.11. The Balaban J connectivity index is 2.33. The molecule has 0 spiro atoms. The van der Waals surface area contributed by atoms with Crippen LogP contribution in [-0.4, -0.2) is 17.3 Å². The summed E-state index contributed by atoms with van der Waals surface area (Å²) < 4.78 is 0. The highest BCUT2D eigenvalue weighted by Gasteiger charge is 2.13. The van der Waals surface area contributed by atoms with Crippen LogP contribution in [0, 0.1) is 0 Å². The highest BCUT2D eigenvalue weighted by atomic mass is 32.1. The quantitative estimate of drug-likeness (QED) is 0.749. The molecular formula is C14H25NOS. The van der Waals surface area contributed by atoms with Crippen molar-refractivity contribution in [3.8, 4) is 0 Å². The van der Waals surface area contributed by atoms with Gasteiger partial charge in [-0.05, 0) is 37.8 Å². The molecule has 0 aromatic carbocycles. The third-order valence-corrected chi connectivity index (χ3v) is 4.22. The largest absolute Gasteiger partial charge is 0.392 e. The zero-order chi connectivity index (χ0) is 12.7. The van der Waals surface area contributed by atoms with Crippen LogP contribution in [0.4, 0.5) is 0 Å². The Morgan fingerprint density at radius 2 is 1.76 bits per heavy atom. The summed E-state index contributed by atoms with van der Waals surface area (Å²) in [5, 5.41) is 9.90. The van der Waals surface area contributed by atoms with E-state index in [-0.39, 0.29) is 12.1 Å². The zero-order valence-electron chi connectivity index (χ0n) is 11.0. The number of aryl methyl sites for hydroxylation is 2. The monoisotopic (exact) mass is 255 g/mol. The van der Waals surface area contributed by atoms with Crippen LogP contribution in [0.5, 0.6) is 0 Å². The van der Waals surface area contributed by atoms with E-state index in [0.29, 0.717) is 0 Å². The highest BCUT2D eigenvalue weighted by Crippen LogP contribution is 2.20. The van der Waals surface area contributed by atoms with E-state index in [4.69, 9.17) is 5.73 Å². The van der Waals surface area contributed by atoms with Crippen LogP contribution in [0.25, 0.3) is 0 Å². The third-order valence-electron chi connectivity index (χ3n) is 3.02. The Bertz CT molecular complexity index is 311. The molecule has 0 aliphatic rings. The van der Waals surface area contributed by atoms with Gasteiger partial charge in [-0.2, -0.15) is 0 Å². The first kappa shape index (κ1) is 14.7. The van der Waals surface area contributed by atoms with Gasteiger partial charge in [-0.1, -0.05) is 26.7 Å². The molecule has 1 aromatic rings. The third kappa shape index (κ3) is 5.19. The van der Waals surface area contributed by atoms with E-state index in [2.05, 4.69) is 26.0 Å². The van der Waals surface area contributed by atoms with Crippen molar-refractivity contribution >= 4 is 11.3 Å². The fourth-order valence-corrected chi connectivity index (χ4v) is 3.10. The van der Waals surface area contributed by atoms with Crippen molar-refractivity contribution in [2.75, 3.05) is 0 Å². The number of thiophene rings is 1. The SMILES string of the molecule is CCCc1ccc(CCC(O)C(N)CCC)s1. The van der Waals surface area contributed by atoms with E-state index < -0.39 is 0 Å². The Hall–Kier alpha value is -0.380. The van der Waals surface area contributed by atoms with E-state index in [1.54, 1.807) is 0 Å². The van der Waals surface area contributed by atoms with E-state index >= 15 is 0 Å². The predicted octanol–water partition coefficient (Wildman–Crippen LogP) is 3.12. The fraction of sp³-hybridized carbons (Fsp3) is 0.714. The maximum atomic E-state index is 9.90. The minimum absolute atomic E-state index is 0.0601. The standard InChI is InChI=1S/C14H25NOS/c1-3-5-11-7-8-12(17-11)9-10-14(16)13(15)6-4-2/h7-8,13-14,16H,3-6,9-10,15H2,1-2H3. The summed E-state index contributed by atoms with van der Waals surface area (Å²) in [5.41, 5.74) is 5.90. The van der Waals surface area contributed by atoms with Gasteiger partial charge in [-0.3, -0.25) is 0 Å². The molecule has 0 aliphatic heterocycles. The number of aliphatic hydroxyl groups is 1. The normalized spacial score (nSPS) is 14.8. The minimum atomic E-state index is -0.355. The van der Waals surface area contributed by atoms with Gasteiger partial charge in [0.15, 0.2) is 0 Å². The molecule has 2 unspecified atom stereocenters. The van der Waals surface area contributed by atoms with Crippen LogP contribution in [0.15, 0.2) is 12.1 Å². The maximum absolute atomic E-state index is 9.90. The summed E-state index contributed by atoms with van der Waals surface area (Å²) >= 11 is 1.87. The van der Waals surface area contributed by atoms with Crippen LogP contribution >= 0.6 is 11.3 Å². The second kappa shape index (κ2) is 7.85. The van der Waals surface area contributed by atoms with E-state index in [1.165, 1.54) is 22.6 Å². The number of rotatable bonds is 8. The Morgan fingerprint density at radius 1 is 1.12 bits per heavy atom. The molecule has 1 heterocycles.